The molecule has 0 saturated heterocycles. The van der Waals surface area contributed by atoms with Gasteiger partial charge in [-0.15, -0.1) is 0 Å². The van der Waals surface area contributed by atoms with Gasteiger partial charge in [0.1, 0.15) is 30.8 Å². The van der Waals surface area contributed by atoms with Crippen molar-refractivity contribution in [2.45, 2.75) is 19.6 Å². The Morgan fingerprint density at radius 2 is 1.94 bits per heavy atom. The van der Waals surface area contributed by atoms with Crippen molar-refractivity contribution in [2.24, 2.45) is 0 Å². The Bertz CT molecular complexity index is 1070. The van der Waals surface area contributed by atoms with Crippen LogP contribution in [0, 0.1) is 0 Å². The zero-order valence-corrected chi connectivity index (χ0v) is 17.6. The first kappa shape index (κ1) is 22.3. The predicted molar refractivity (Wildman–Crippen MR) is 116 cm³/mol. The zero-order valence-electron chi connectivity index (χ0n) is 16.8. The molecule has 3 rings (SSSR count). The first-order valence-corrected chi connectivity index (χ1v) is 9.95. The smallest absolute Gasteiger partial charge is 0.320 e. The van der Waals surface area contributed by atoms with Crippen molar-refractivity contribution in [3.63, 3.8) is 0 Å². The minimum absolute atomic E-state index is 0.229. The number of pyridine rings is 2. The molecule has 3 aromatic rings. The Morgan fingerprint density at radius 3 is 2.58 bits per heavy atom. The molecule has 162 valence electrons. The van der Waals surface area contributed by atoms with Crippen LogP contribution in [-0.4, -0.2) is 39.8 Å². The summed E-state index contributed by atoms with van der Waals surface area (Å²) < 4.78 is 12.7. The van der Waals surface area contributed by atoms with Crippen LogP contribution in [0.3, 0.4) is 0 Å². The molecule has 0 aliphatic heterocycles. The molecular weight excluding hydrogens is 422 g/mol. The highest BCUT2D eigenvalue weighted by atomic mass is 35.5. The number of rotatable bonds is 10. The van der Waals surface area contributed by atoms with Crippen molar-refractivity contribution in [1.82, 2.24) is 14.9 Å². The molecule has 0 aliphatic rings. The molecular formula is C22H22ClN3O5. The Labute approximate surface area is 184 Å². The molecule has 0 radical (unpaired) electrons. The van der Waals surface area contributed by atoms with Crippen molar-refractivity contribution >= 4 is 17.6 Å². The van der Waals surface area contributed by atoms with Crippen molar-refractivity contribution < 1.29 is 19.4 Å². The molecule has 0 amide bonds. The summed E-state index contributed by atoms with van der Waals surface area (Å²) in [6, 6.07) is 13.0. The summed E-state index contributed by atoms with van der Waals surface area (Å²) in [4.78, 5) is 27.4. The van der Waals surface area contributed by atoms with Gasteiger partial charge < -0.3 is 19.9 Å². The van der Waals surface area contributed by atoms with Crippen LogP contribution in [0.15, 0.2) is 65.7 Å². The third-order valence-corrected chi connectivity index (χ3v) is 4.60. The number of halogens is 1. The van der Waals surface area contributed by atoms with Crippen LogP contribution < -0.4 is 20.3 Å². The monoisotopic (exact) mass is 443 g/mol. The summed E-state index contributed by atoms with van der Waals surface area (Å²) in [5, 5.41) is 12.2. The molecule has 1 unspecified atom stereocenters. The van der Waals surface area contributed by atoms with E-state index in [-0.39, 0.29) is 12.2 Å². The fourth-order valence-electron chi connectivity index (χ4n) is 2.65. The second-order valence-electron chi connectivity index (χ2n) is 6.68. The SMILES string of the molecule is CC(NCCOc1ccc(-n2ccc(OCc3ccc(Cl)cn3)cc2=O)cc1)C(=O)O. The van der Waals surface area contributed by atoms with Crippen LogP contribution in [0.5, 0.6) is 11.5 Å². The lowest BCUT2D eigenvalue weighted by atomic mass is 10.3. The summed E-state index contributed by atoms with van der Waals surface area (Å²) in [5.74, 6) is 0.158. The fraction of sp³-hybridized carbons (Fsp3) is 0.227. The van der Waals surface area contributed by atoms with Gasteiger partial charge >= 0.3 is 5.97 Å². The van der Waals surface area contributed by atoms with Gasteiger partial charge in [-0.05, 0) is 49.4 Å². The standard InChI is InChI=1S/C22H22ClN3O5/c1-15(22(28)29)24-9-11-30-19-6-4-18(5-7-19)26-10-8-20(12-21(26)27)31-14-17-3-2-16(23)13-25-17/h2-8,10,12-13,15,24H,9,11,14H2,1H3,(H,28,29). The Hall–Kier alpha value is -3.36. The van der Waals surface area contributed by atoms with Crippen LogP contribution in [0.2, 0.25) is 5.02 Å². The number of aromatic nitrogens is 2. The Kier molecular flexibility index (Phi) is 7.64. The topological polar surface area (TPSA) is 103 Å². The number of hydrogen-bond acceptors (Lipinski definition) is 6. The first-order valence-electron chi connectivity index (χ1n) is 9.58. The molecule has 2 N–H and O–H groups in total. The van der Waals surface area contributed by atoms with Gasteiger partial charge in [0, 0.05) is 30.7 Å². The van der Waals surface area contributed by atoms with Crippen LogP contribution >= 0.6 is 11.6 Å². The molecule has 0 bridgehead atoms. The quantitative estimate of drug-likeness (QED) is 0.464. The second kappa shape index (κ2) is 10.6. The lowest BCUT2D eigenvalue weighted by molar-refractivity contribution is -0.139. The number of carboxylic acids is 1. The molecule has 0 spiro atoms. The van der Waals surface area contributed by atoms with E-state index in [1.165, 1.54) is 10.6 Å². The first-order chi connectivity index (χ1) is 14.9. The molecule has 31 heavy (non-hydrogen) atoms. The molecule has 2 aromatic heterocycles. The van der Waals surface area contributed by atoms with Gasteiger partial charge in [0.05, 0.1) is 10.7 Å². The van der Waals surface area contributed by atoms with Gasteiger partial charge in [-0.3, -0.25) is 19.1 Å². The van der Waals surface area contributed by atoms with Crippen molar-refractivity contribution in [1.29, 1.82) is 0 Å². The summed E-state index contributed by atoms with van der Waals surface area (Å²) in [5.41, 5.74) is 1.15. The van der Waals surface area contributed by atoms with Gasteiger partial charge in [0.15, 0.2) is 0 Å². The molecule has 0 aliphatic carbocycles. The normalized spacial score (nSPS) is 11.7. The van der Waals surface area contributed by atoms with Crippen molar-refractivity contribution in [3.8, 4) is 17.2 Å². The van der Waals surface area contributed by atoms with E-state index in [9.17, 15) is 9.59 Å². The highest BCUT2D eigenvalue weighted by molar-refractivity contribution is 6.30. The molecule has 1 aromatic carbocycles. The lowest BCUT2D eigenvalue weighted by Crippen LogP contribution is -2.36. The summed E-state index contributed by atoms with van der Waals surface area (Å²) >= 11 is 5.81. The zero-order chi connectivity index (χ0) is 22.2. The summed E-state index contributed by atoms with van der Waals surface area (Å²) in [6.07, 6.45) is 3.18. The van der Waals surface area contributed by atoms with Gasteiger partial charge in [-0.1, -0.05) is 11.6 Å². The molecule has 8 nitrogen and oxygen atoms in total. The number of carbonyl (C=O) groups is 1. The average molecular weight is 444 g/mol. The maximum Gasteiger partial charge on any atom is 0.320 e. The van der Waals surface area contributed by atoms with Gasteiger partial charge in [0.25, 0.3) is 5.56 Å². The van der Waals surface area contributed by atoms with Crippen LogP contribution in [0.1, 0.15) is 12.6 Å². The predicted octanol–water partition coefficient (Wildman–Crippen LogP) is 2.91. The van der Waals surface area contributed by atoms with E-state index in [1.54, 1.807) is 61.8 Å². The second-order valence-corrected chi connectivity index (χ2v) is 7.12. The molecule has 2 heterocycles. The highest BCUT2D eigenvalue weighted by Crippen LogP contribution is 2.16. The number of hydrogen-bond donors (Lipinski definition) is 2. The maximum absolute atomic E-state index is 12.5. The number of ether oxygens (including phenoxy) is 2. The van der Waals surface area contributed by atoms with Crippen LogP contribution in [-0.2, 0) is 11.4 Å². The van der Waals surface area contributed by atoms with Crippen LogP contribution in [0.25, 0.3) is 5.69 Å². The van der Waals surface area contributed by atoms with Crippen molar-refractivity contribution in [2.75, 3.05) is 13.2 Å². The number of aliphatic carboxylic acids is 1. The number of carboxylic acid groups (broad SMARTS) is 1. The van der Waals surface area contributed by atoms with E-state index in [1.807, 2.05) is 0 Å². The fourth-order valence-corrected chi connectivity index (χ4v) is 2.76. The summed E-state index contributed by atoms with van der Waals surface area (Å²) in [6.45, 7) is 2.53. The summed E-state index contributed by atoms with van der Waals surface area (Å²) in [7, 11) is 0. The number of benzene rings is 1. The van der Waals surface area contributed by atoms with Crippen molar-refractivity contribution in [3.05, 3.63) is 82.0 Å². The van der Waals surface area contributed by atoms with E-state index in [4.69, 9.17) is 26.2 Å². The van der Waals surface area contributed by atoms with E-state index < -0.39 is 12.0 Å². The third kappa shape index (κ3) is 6.56. The maximum atomic E-state index is 12.5. The van der Waals surface area contributed by atoms with Gasteiger partial charge in [0.2, 0.25) is 0 Å². The molecule has 1 atom stereocenters. The van der Waals surface area contributed by atoms with E-state index in [2.05, 4.69) is 10.3 Å². The molecule has 9 heteroatoms. The van der Waals surface area contributed by atoms with Gasteiger partial charge in [-0.25, -0.2) is 0 Å². The number of nitrogens with one attached hydrogen (secondary N) is 1. The van der Waals surface area contributed by atoms with E-state index in [0.29, 0.717) is 41.1 Å². The largest absolute Gasteiger partial charge is 0.492 e. The van der Waals surface area contributed by atoms with E-state index >= 15 is 0 Å². The van der Waals surface area contributed by atoms with E-state index in [0.717, 1.165) is 0 Å². The minimum Gasteiger partial charge on any atom is -0.492 e. The van der Waals surface area contributed by atoms with Crippen LogP contribution in [0.4, 0.5) is 0 Å². The number of nitrogens with zero attached hydrogens (tertiary/aromatic N) is 2. The average Bonchev–Trinajstić information content (AvgIpc) is 2.77. The minimum atomic E-state index is -0.909. The molecule has 0 fully saturated rings. The lowest BCUT2D eigenvalue weighted by Gasteiger charge is -2.11. The highest BCUT2D eigenvalue weighted by Gasteiger charge is 2.09. The van der Waals surface area contributed by atoms with Gasteiger partial charge in [-0.2, -0.15) is 0 Å². The Morgan fingerprint density at radius 1 is 1.16 bits per heavy atom. The Balaban J connectivity index is 1.55. The third-order valence-electron chi connectivity index (χ3n) is 4.37. The molecule has 0 saturated carbocycles.